The number of nitrogens with one attached hydrogen (secondary N) is 1. The van der Waals surface area contributed by atoms with Crippen LogP contribution in [0.2, 0.25) is 0 Å². The van der Waals surface area contributed by atoms with Gasteiger partial charge in [-0.05, 0) is 11.1 Å². The Balaban J connectivity index is 2.20. The van der Waals surface area contributed by atoms with Crippen LogP contribution in [0, 0.1) is 0 Å². The minimum absolute atomic E-state index is 0.0727. The number of methoxy groups -OCH3 is 2. The summed E-state index contributed by atoms with van der Waals surface area (Å²) in [4.78, 5) is 12.7. The summed E-state index contributed by atoms with van der Waals surface area (Å²) in [6, 6.07) is 19.5. The van der Waals surface area contributed by atoms with Crippen LogP contribution in [0.1, 0.15) is 17.0 Å². The number of hydrogen-bond donors (Lipinski definition) is 1. The smallest absolute Gasteiger partial charge is 0.232 e. The first-order valence-corrected chi connectivity index (χ1v) is 7.19. The first kappa shape index (κ1) is 16.2. The maximum absolute atomic E-state index is 12.7. The summed E-state index contributed by atoms with van der Waals surface area (Å²) in [5.74, 6) is -0.423. The topological polar surface area (TPSA) is 47.6 Å². The summed E-state index contributed by atoms with van der Waals surface area (Å²) in [6.45, 7) is 0.308. The van der Waals surface area contributed by atoms with Crippen LogP contribution in [-0.2, 0) is 14.3 Å². The maximum atomic E-state index is 12.7. The van der Waals surface area contributed by atoms with Crippen molar-refractivity contribution in [3.05, 3.63) is 71.8 Å². The Hall–Kier alpha value is -2.17. The SMILES string of the molecule is COC(CNC(=O)C(c1ccccc1)c1ccccc1)OC. The lowest BCUT2D eigenvalue weighted by atomic mass is 9.90. The molecule has 0 atom stereocenters. The molecule has 0 aliphatic rings. The molecule has 0 aliphatic heterocycles. The zero-order valence-electron chi connectivity index (χ0n) is 12.9. The molecule has 0 aromatic heterocycles. The van der Waals surface area contributed by atoms with Crippen molar-refractivity contribution in [1.82, 2.24) is 5.32 Å². The van der Waals surface area contributed by atoms with Crippen LogP contribution in [0.15, 0.2) is 60.7 Å². The average molecular weight is 299 g/mol. The van der Waals surface area contributed by atoms with E-state index in [4.69, 9.17) is 9.47 Å². The lowest BCUT2D eigenvalue weighted by Gasteiger charge is -2.20. The summed E-state index contributed by atoms with van der Waals surface area (Å²) in [5, 5.41) is 2.89. The van der Waals surface area contributed by atoms with E-state index in [2.05, 4.69) is 5.32 Å². The number of benzene rings is 2. The highest BCUT2D eigenvalue weighted by atomic mass is 16.7. The molecule has 2 aromatic carbocycles. The first-order chi connectivity index (χ1) is 10.8. The molecule has 0 unspecified atom stereocenters. The average Bonchev–Trinajstić information content (AvgIpc) is 2.58. The van der Waals surface area contributed by atoms with Crippen molar-refractivity contribution in [3.8, 4) is 0 Å². The normalized spacial score (nSPS) is 10.9. The predicted molar refractivity (Wildman–Crippen MR) is 85.5 cm³/mol. The highest BCUT2D eigenvalue weighted by molar-refractivity contribution is 5.87. The molecule has 0 heterocycles. The third kappa shape index (κ3) is 4.16. The Bertz CT molecular complexity index is 528. The number of ether oxygens (including phenoxy) is 2. The molecule has 0 spiro atoms. The van der Waals surface area contributed by atoms with E-state index in [9.17, 15) is 4.79 Å². The molecule has 0 aliphatic carbocycles. The molecule has 1 N–H and O–H groups in total. The van der Waals surface area contributed by atoms with Gasteiger partial charge in [-0.15, -0.1) is 0 Å². The maximum Gasteiger partial charge on any atom is 0.232 e. The number of carbonyl (C=O) groups is 1. The molecule has 2 aromatic rings. The van der Waals surface area contributed by atoms with Crippen LogP contribution in [0.3, 0.4) is 0 Å². The van der Waals surface area contributed by atoms with Crippen LogP contribution < -0.4 is 5.32 Å². The van der Waals surface area contributed by atoms with Crippen molar-refractivity contribution >= 4 is 5.91 Å². The van der Waals surface area contributed by atoms with Gasteiger partial charge in [0.25, 0.3) is 0 Å². The van der Waals surface area contributed by atoms with Crippen molar-refractivity contribution in [1.29, 1.82) is 0 Å². The summed E-state index contributed by atoms with van der Waals surface area (Å²) < 4.78 is 10.2. The number of hydrogen-bond acceptors (Lipinski definition) is 3. The van der Waals surface area contributed by atoms with Crippen molar-refractivity contribution in [2.45, 2.75) is 12.2 Å². The number of carbonyl (C=O) groups excluding carboxylic acids is 1. The molecule has 0 saturated heterocycles. The number of rotatable bonds is 7. The van der Waals surface area contributed by atoms with Crippen LogP contribution in [0.5, 0.6) is 0 Å². The van der Waals surface area contributed by atoms with Gasteiger partial charge in [-0.3, -0.25) is 4.79 Å². The Morgan fingerprint density at radius 3 is 1.77 bits per heavy atom. The van der Waals surface area contributed by atoms with Gasteiger partial charge in [0.1, 0.15) is 0 Å². The third-order valence-electron chi connectivity index (χ3n) is 3.50. The van der Waals surface area contributed by atoms with E-state index in [1.165, 1.54) is 0 Å². The van der Waals surface area contributed by atoms with Crippen molar-refractivity contribution in [2.24, 2.45) is 0 Å². The Morgan fingerprint density at radius 2 is 1.36 bits per heavy atom. The third-order valence-corrected chi connectivity index (χ3v) is 3.50. The van der Waals surface area contributed by atoms with E-state index < -0.39 is 6.29 Å². The fourth-order valence-electron chi connectivity index (χ4n) is 2.34. The minimum atomic E-state index is -0.448. The fourth-order valence-corrected chi connectivity index (χ4v) is 2.34. The summed E-state index contributed by atoms with van der Waals surface area (Å²) in [6.07, 6.45) is -0.448. The van der Waals surface area contributed by atoms with Crippen molar-refractivity contribution in [2.75, 3.05) is 20.8 Å². The molecular formula is C18H21NO3. The Labute approximate surface area is 131 Å². The van der Waals surface area contributed by atoms with E-state index in [1.54, 1.807) is 14.2 Å². The fraction of sp³-hybridized carbons (Fsp3) is 0.278. The van der Waals surface area contributed by atoms with Crippen molar-refractivity contribution < 1.29 is 14.3 Å². The predicted octanol–water partition coefficient (Wildman–Crippen LogP) is 2.55. The molecule has 1 amide bonds. The minimum Gasteiger partial charge on any atom is -0.354 e. The lowest BCUT2D eigenvalue weighted by Crippen LogP contribution is -2.37. The monoisotopic (exact) mass is 299 g/mol. The van der Waals surface area contributed by atoms with Gasteiger partial charge >= 0.3 is 0 Å². The van der Waals surface area contributed by atoms with Crippen LogP contribution in [0.25, 0.3) is 0 Å². The summed E-state index contributed by atoms with van der Waals surface area (Å²) >= 11 is 0. The van der Waals surface area contributed by atoms with Gasteiger partial charge < -0.3 is 14.8 Å². The molecule has 4 nitrogen and oxygen atoms in total. The first-order valence-electron chi connectivity index (χ1n) is 7.19. The molecule has 22 heavy (non-hydrogen) atoms. The van der Waals surface area contributed by atoms with E-state index in [0.29, 0.717) is 6.54 Å². The van der Waals surface area contributed by atoms with Gasteiger partial charge in [-0.2, -0.15) is 0 Å². The quantitative estimate of drug-likeness (QED) is 0.799. The van der Waals surface area contributed by atoms with E-state index in [-0.39, 0.29) is 11.8 Å². The van der Waals surface area contributed by atoms with Crippen LogP contribution >= 0.6 is 0 Å². The molecule has 2 rings (SSSR count). The van der Waals surface area contributed by atoms with Gasteiger partial charge in [-0.1, -0.05) is 60.7 Å². The van der Waals surface area contributed by atoms with E-state index in [1.807, 2.05) is 60.7 Å². The highest BCUT2D eigenvalue weighted by Crippen LogP contribution is 2.24. The molecule has 116 valence electrons. The Morgan fingerprint density at radius 1 is 0.909 bits per heavy atom. The largest absolute Gasteiger partial charge is 0.354 e. The van der Waals surface area contributed by atoms with Gasteiger partial charge in [0, 0.05) is 14.2 Å². The second kappa shape index (κ2) is 8.32. The van der Waals surface area contributed by atoms with Gasteiger partial charge in [0.2, 0.25) is 5.91 Å². The molecular weight excluding hydrogens is 278 g/mol. The van der Waals surface area contributed by atoms with E-state index >= 15 is 0 Å². The standard InChI is InChI=1S/C18H21NO3/c1-21-16(22-2)13-19-18(20)17(14-9-5-3-6-10-14)15-11-7-4-8-12-15/h3-12,16-17H,13H2,1-2H3,(H,19,20). The van der Waals surface area contributed by atoms with Gasteiger partial charge in [0.15, 0.2) is 6.29 Å². The zero-order valence-corrected chi connectivity index (χ0v) is 12.9. The van der Waals surface area contributed by atoms with E-state index in [0.717, 1.165) is 11.1 Å². The molecule has 0 fully saturated rings. The zero-order chi connectivity index (χ0) is 15.8. The second-order valence-corrected chi connectivity index (χ2v) is 4.90. The second-order valence-electron chi connectivity index (χ2n) is 4.90. The highest BCUT2D eigenvalue weighted by Gasteiger charge is 2.23. The Kier molecular flexibility index (Phi) is 6.13. The molecule has 0 saturated carbocycles. The summed E-state index contributed by atoms with van der Waals surface area (Å²) in [5.41, 5.74) is 1.91. The van der Waals surface area contributed by atoms with Gasteiger partial charge in [0.05, 0.1) is 12.5 Å². The summed E-state index contributed by atoms with van der Waals surface area (Å²) in [7, 11) is 3.10. The van der Waals surface area contributed by atoms with Crippen LogP contribution in [0.4, 0.5) is 0 Å². The van der Waals surface area contributed by atoms with Crippen molar-refractivity contribution in [3.63, 3.8) is 0 Å². The molecule has 0 radical (unpaired) electrons. The molecule has 0 bridgehead atoms. The number of amides is 1. The van der Waals surface area contributed by atoms with Gasteiger partial charge in [-0.25, -0.2) is 0 Å². The van der Waals surface area contributed by atoms with Crippen LogP contribution in [-0.4, -0.2) is 33.0 Å². The lowest BCUT2D eigenvalue weighted by molar-refractivity contribution is -0.128. The molecule has 4 heteroatoms.